The van der Waals surface area contributed by atoms with Gasteiger partial charge in [-0.05, 0) is 43.4 Å². The summed E-state index contributed by atoms with van der Waals surface area (Å²) in [5.41, 5.74) is 0.946. The SMILES string of the molecule is COc1ccc(OC)c([C@@H]2CN(C(=O)CC(C)C)C[C@H]2C(=O)N2CCCCC2)c1. The second kappa shape index (κ2) is 9.51. The number of hydrogen-bond acceptors (Lipinski definition) is 4. The zero-order chi connectivity index (χ0) is 21.0. The lowest BCUT2D eigenvalue weighted by Gasteiger charge is -2.31. The van der Waals surface area contributed by atoms with Crippen molar-refractivity contribution in [2.75, 3.05) is 40.4 Å². The van der Waals surface area contributed by atoms with Crippen molar-refractivity contribution in [3.63, 3.8) is 0 Å². The number of carbonyl (C=O) groups is 2. The first-order valence-corrected chi connectivity index (χ1v) is 10.7. The van der Waals surface area contributed by atoms with E-state index in [1.807, 2.05) is 41.8 Å². The molecule has 2 amide bonds. The van der Waals surface area contributed by atoms with Gasteiger partial charge in [0.2, 0.25) is 11.8 Å². The molecule has 2 heterocycles. The van der Waals surface area contributed by atoms with E-state index in [0.29, 0.717) is 25.4 Å². The predicted octanol–water partition coefficient (Wildman–Crippen LogP) is 3.30. The maximum Gasteiger partial charge on any atom is 0.228 e. The minimum Gasteiger partial charge on any atom is -0.497 e. The van der Waals surface area contributed by atoms with E-state index in [2.05, 4.69) is 0 Å². The van der Waals surface area contributed by atoms with Crippen LogP contribution in [0.15, 0.2) is 18.2 Å². The molecule has 0 unspecified atom stereocenters. The Labute approximate surface area is 174 Å². The summed E-state index contributed by atoms with van der Waals surface area (Å²) >= 11 is 0. The van der Waals surface area contributed by atoms with Gasteiger partial charge in [-0.15, -0.1) is 0 Å². The number of hydrogen-bond donors (Lipinski definition) is 0. The molecule has 0 bridgehead atoms. The first kappa shape index (κ1) is 21.5. The van der Waals surface area contributed by atoms with Gasteiger partial charge in [-0.1, -0.05) is 13.8 Å². The largest absolute Gasteiger partial charge is 0.497 e. The van der Waals surface area contributed by atoms with Crippen LogP contribution in [0.2, 0.25) is 0 Å². The molecule has 0 radical (unpaired) electrons. The van der Waals surface area contributed by atoms with Crippen LogP contribution in [0.1, 0.15) is 51.0 Å². The normalized spacial score (nSPS) is 22.1. The van der Waals surface area contributed by atoms with Crippen molar-refractivity contribution in [3.8, 4) is 11.5 Å². The number of rotatable bonds is 6. The average molecular weight is 403 g/mol. The lowest BCUT2D eigenvalue weighted by Crippen LogP contribution is -2.42. The molecule has 0 N–H and O–H groups in total. The fourth-order valence-electron chi connectivity index (χ4n) is 4.53. The van der Waals surface area contributed by atoms with Gasteiger partial charge in [0.15, 0.2) is 0 Å². The fraction of sp³-hybridized carbons (Fsp3) is 0.652. The van der Waals surface area contributed by atoms with Crippen LogP contribution in [-0.2, 0) is 9.59 Å². The van der Waals surface area contributed by atoms with Crippen molar-refractivity contribution < 1.29 is 19.1 Å². The van der Waals surface area contributed by atoms with Crippen molar-refractivity contribution >= 4 is 11.8 Å². The van der Waals surface area contributed by atoms with Gasteiger partial charge in [-0.3, -0.25) is 9.59 Å². The molecule has 1 aromatic rings. The third-order valence-corrected chi connectivity index (χ3v) is 6.08. The van der Waals surface area contributed by atoms with Crippen LogP contribution in [0, 0.1) is 11.8 Å². The van der Waals surface area contributed by atoms with Crippen molar-refractivity contribution in [2.45, 2.75) is 45.4 Å². The van der Waals surface area contributed by atoms with Gasteiger partial charge in [0.05, 0.1) is 20.1 Å². The molecule has 2 saturated heterocycles. The molecule has 2 fully saturated rings. The Hall–Kier alpha value is -2.24. The molecule has 3 rings (SSSR count). The average Bonchev–Trinajstić information content (AvgIpc) is 3.18. The van der Waals surface area contributed by atoms with Crippen LogP contribution in [-0.4, -0.2) is 62.0 Å². The Morgan fingerprint density at radius 1 is 1.03 bits per heavy atom. The topological polar surface area (TPSA) is 59.1 Å². The third-order valence-electron chi connectivity index (χ3n) is 6.08. The number of methoxy groups -OCH3 is 2. The van der Waals surface area contributed by atoms with Gasteiger partial charge < -0.3 is 19.3 Å². The molecule has 0 aromatic heterocycles. The summed E-state index contributed by atoms with van der Waals surface area (Å²) in [4.78, 5) is 30.1. The van der Waals surface area contributed by atoms with Crippen LogP contribution in [0.5, 0.6) is 11.5 Å². The Balaban J connectivity index is 1.92. The van der Waals surface area contributed by atoms with E-state index in [0.717, 1.165) is 43.0 Å². The highest BCUT2D eigenvalue weighted by molar-refractivity contribution is 5.84. The minimum atomic E-state index is -0.245. The summed E-state index contributed by atoms with van der Waals surface area (Å²) in [6.45, 7) is 6.75. The number of piperidine rings is 1. The summed E-state index contributed by atoms with van der Waals surface area (Å²) in [5, 5.41) is 0. The molecule has 2 atom stereocenters. The highest BCUT2D eigenvalue weighted by atomic mass is 16.5. The first-order valence-electron chi connectivity index (χ1n) is 10.7. The molecule has 0 saturated carbocycles. The van der Waals surface area contributed by atoms with Crippen molar-refractivity contribution in [1.29, 1.82) is 0 Å². The Kier molecular flexibility index (Phi) is 7.04. The second-order valence-corrected chi connectivity index (χ2v) is 8.60. The van der Waals surface area contributed by atoms with Crippen molar-refractivity contribution in [3.05, 3.63) is 23.8 Å². The van der Waals surface area contributed by atoms with Gasteiger partial charge in [-0.2, -0.15) is 0 Å². The van der Waals surface area contributed by atoms with Gasteiger partial charge in [0.25, 0.3) is 0 Å². The van der Waals surface area contributed by atoms with Gasteiger partial charge in [0, 0.05) is 44.1 Å². The summed E-state index contributed by atoms with van der Waals surface area (Å²) in [5.74, 6) is 1.72. The molecular weight excluding hydrogens is 368 g/mol. The smallest absolute Gasteiger partial charge is 0.228 e. The number of benzene rings is 1. The van der Waals surface area contributed by atoms with Gasteiger partial charge in [-0.25, -0.2) is 0 Å². The summed E-state index contributed by atoms with van der Waals surface area (Å²) in [7, 11) is 3.28. The number of likely N-dealkylation sites (tertiary alicyclic amines) is 2. The molecule has 0 spiro atoms. The lowest BCUT2D eigenvalue weighted by atomic mass is 9.86. The standard InChI is InChI=1S/C23H34N2O4/c1-16(2)12-22(26)25-14-19(18-13-17(28-3)8-9-21(18)29-4)20(15-25)23(27)24-10-6-5-7-11-24/h8-9,13,16,19-20H,5-7,10-12,14-15H2,1-4H3/t19-,20+/m0/s1. The first-order chi connectivity index (χ1) is 13.9. The Morgan fingerprint density at radius 3 is 2.38 bits per heavy atom. The molecule has 160 valence electrons. The number of amides is 2. The van der Waals surface area contributed by atoms with E-state index in [-0.39, 0.29) is 23.7 Å². The lowest BCUT2D eigenvalue weighted by molar-refractivity contribution is -0.137. The molecule has 6 heteroatoms. The van der Waals surface area contributed by atoms with E-state index in [9.17, 15) is 9.59 Å². The fourth-order valence-corrected chi connectivity index (χ4v) is 4.53. The summed E-state index contributed by atoms with van der Waals surface area (Å²) in [6, 6.07) is 5.70. The highest BCUT2D eigenvalue weighted by Gasteiger charge is 2.43. The van der Waals surface area contributed by atoms with Gasteiger partial charge >= 0.3 is 0 Å². The van der Waals surface area contributed by atoms with Crippen LogP contribution in [0.4, 0.5) is 0 Å². The molecule has 1 aromatic carbocycles. The number of carbonyl (C=O) groups excluding carboxylic acids is 2. The molecule has 6 nitrogen and oxygen atoms in total. The third kappa shape index (κ3) is 4.85. The molecule has 2 aliphatic rings. The molecule has 2 aliphatic heterocycles. The Bertz CT molecular complexity index is 728. The van der Waals surface area contributed by atoms with Crippen LogP contribution in [0.25, 0.3) is 0 Å². The molecule has 29 heavy (non-hydrogen) atoms. The predicted molar refractivity (Wildman–Crippen MR) is 112 cm³/mol. The van der Waals surface area contributed by atoms with E-state index >= 15 is 0 Å². The maximum atomic E-state index is 13.4. The van der Waals surface area contributed by atoms with Gasteiger partial charge in [0.1, 0.15) is 11.5 Å². The Morgan fingerprint density at radius 2 is 1.76 bits per heavy atom. The summed E-state index contributed by atoms with van der Waals surface area (Å²) < 4.78 is 11.0. The zero-order valence-corrected chi connectivity index (χ0v) is 18.1. The van der Waals surface area contributed by atoms with Crippen LogP contribution < -0.4 is 9.47 Å². The summed E-state index contributed by atoms with van der Waals surface area (Å²) in [6.07, 6.45) is 3.80. The van der Waals surface area contributed by atoms with Crippen molar-refractivity contribution in [1.82, 2.24) is 9.80 Å². The number of ether oxygens (including phenoxy) is 2. The second-order valence-electron chi connectivity index (χ2n) is 8.60. The minimum absolute atomic E-state index is 0.0920. The monoisotopic (exact) mass is 402 g/mol. The highest BCUT2D eigenvalue weighted by Crippen LogP contribution is 2.40. The van der Waals surface area contributed by atoms with Crippen molar-refractivity contribution in [2.24, 2.45) is 11.8 Å². The zero-order valence-electron chi connectivity index (χ0n) is 18.1. The van der Waals surface area contributed by atoms with E-state index in [4.69, 9.17) is 9.47 Å². The number of nitrogens with zero attached hydrogens (tertiary/aromatic N) is 2. The molecule has 0 aliphatic carbocycles. The molecular formula is C23H34N2O4. The quantitative estimate of drug-likeness (QED) is 0.733. The van der Waals surface area contributed by atoms with E-state index in [1.54, 1.807) is 14.2 Å². The van der Waals surface area contributed by atoms with E-state index in [1.165, 1.54) is 6.42 Å². The van der Waals surface area contributed by atoms with Crippen LogP contribution >= 0.6 is 0 Å². The maximum absolute atomic E-state index is 13.4. The van der Waals surface area contributed by atoms with Crippen LogP contribution in [0.3, 0.4) is 0 Å². The van der Waals surface area contributed by atoms with E-state index < -0.39 is 0 Å².